The molecule has 0 radical (unpaired) electrons. The van der Waals surface area contributed by atoms with Crippen molar-refractivity contribution in [2.75, 3.05) is 7.11 Å². The number of nitrogens with two attached hydrogens (primary N) is 1. The molecule has 1 heterocycles. The van der Waals surface area contributed by atoms with Crippen LogP contribution >= 0.6 is 0 Å². The van der Waals surface area contributed by atoms with Crippen molar-refractivity contribution in [3.05, 3.63) is 23.9 Å². The fourth-order valence-electron chi connectivity index (χ4n) is 1.37. The topological polar surface area (TPSA) is 63.9 Å². The summed E-state index contributed by atoms with van der Waals surface area (Å²) in [4.78, 5) is 0. The number of H-pyrrole nitrogens is 1. The van der Waals surface area contributed by atoms with E-state index in [1.165, 1.54) is 0 Å². The van der Waals surface area contributed by atoms with Crippen molar-refractivity contribution in [2.24, 2.45) is 5.73 Å². The Hall–Kier alpha value is -1.55. The van der Waals surface area contributed by atoms with E-state index in [1.807, 2.05) is 12.1 Å². The third kappa shape index (κ3) is 1.25. The van der Waals surface area contributed by atoms with Gasteiger partial charge in [0, 0.05) is 23.6 Å². The van der Waals surface area contributed by atoms with Crippen molar-refractivity contribution in [3.63, 3.8) is 0 Å². The van der Waals surface area contributed by atoms with Crippen LogP contribution in [0.5, 0.6) is 5.75 Å². The van der Waals surface area contributed by atoms with Gasteiger partial charge in [0.2, 0.25) is 0 Å². The number of aromatic nitrogens is 2. The van der Waals surface area contributed by atoms with Gasteiger partial charge in [-0.05, 0) is 6.07 Å². The molecule has 0 amide bonds. The van der Waals surface area contributed by atoms with Crippen molar-refractivity contribution >= 4 is 10.9 Å². The molecule has 4 heteroatoms. The van der Waals surface area contributed by atoms with Gasteiger partial charge in [-0.25, -0.2) is 0 Å². The van der Waals surface area contributed by atoms with E-state index in [9.17, 15) is 0 Å². The highest BCUT2D eigenvalue weighted by molar-refractivity contribution is 5.80. The smallest absolute Gasteiger partial charge is 0.125 e. The molecule has 4 nitrogen and oxygen atoms in total. The summed E-state index contributed by atoms with van der Waals surface area (Å²) >= 11 is 0. The summed E-state index contributed by atoms with van der Waals surface area (Å²) < 4.78 is 5.19. The van der Waals surface area contributed by atoms with Crippen LogP contribution in [0.2, 0.25) is 0 Å². The van der Waals surface area contributed by atoms with E-state index >= 15 is 0 Å². The summed E-state index contributed by atoms with van der Waals surface area (Å²) in [6.45, 7) is 0.476. The molecular formula is C9H11N3O. The maximum Gasteiger partial charge on any atom is 0.125 e. The van der Waals surface area contributed by atoms with Gasteiger partial charge in [-0.3, -0.25) is 5.10 Å². The highest BCUT2D eigenvalue weighted by Gasteiger charge is 2.04. The Morgan fingerprint density at radius 3 is 3.08 bits per heavy atom. The largest absolute Gasteiger partial charge is 0.496 e. The van der Waals surface area contributed by atoms with Crippen molar-refractivity contribution < 1.29 is 4.74 Å². The Balaban J connectivity index is 2.67. The van der Waals surface area contributed by atoms with Crippen molar-refractivity contribution in [1.29, 1.82) is 0 Å². The number of rotatable bonds is 2. The molecule has 0 bridgehead atoms. The van der Waals surface area contributed by atoms with Gasteiger partial charge in [0.25, 0.3) is 0 Å². The average Bonchev–Trinajstić information content (AvgIpc) is 2.62. The number of aromatic amines is 1. The molecule has 0 saturated carbocycles. The van der Waals surface area contributed by atoms with E-state index in [2.05, 4.69) is 10.2 Å². The molecule has 1 aromatic carbocycles. The molecule has 2 rings (SSSR count). The molecule has 0 aliphatic rings. The van der Waals surface area contributed by atoms with Gasteiger partial charge in [0.05, 0.1) is 18.8 Å². The molecule has 0 unspecified atom stereocenters. The lowest BCUT2D eigenvalue weighted by Gasteiger charge is -2.05. The van der Waals surface area contributed by atoms with Gasteiger partial charge in [-0.1, -0.05) is 0 Å². The van der Waals surface area contributed by atoms with E-state index in [4.69, 9.17) is 10.5 Å². The minimum absolute atomic E-state index is 0.476. The fraction of sp³-hybridized carbons (Fsp3) is 0.222. The molecule has 0 fully saturated rings. The van der Waals surface area contributed by atoms with Crippen LogP contribution in [0.25, 0.3) is 10.9 Å². The molecule has 1 aromatic heterocycles. The fourth-order valence-corrected chi connectivity index (χ4v) is 1.37. The minimum atomic E-state index is 0.476. The SMILES string of the molecule is COc1cc2[nH]ncc2cc1CN. The maximum atomic E-state index is 5.58. The van der Waals surface area contributed by atoms with Crippen molar-refractivity contribution in [1.82, 2.24) is 10.2 Å². The number of fused-ring (bicyclic) bond motifs is 1. The van der Waals surface area contributed by atoms with Gasteiger partial charge in [-0.2, -0.15) is 5.10 Å². The second kappa shape index (κ2) is 3.06. The Kier molecular flexibility index (Phi) is 1.90. The zero-order chi connectivity index (χ0) is 9.26. The van der Waals surface area contributed by atoms with Gasteiger partial charge in [-0.15, -0.1) is 0 Å². The standard InChI is InChI=1S/C9H11N3O/c1-13-9-3-8-7(5-11-12-8)2-6(9)4-10/h2-3,5H,4,10H2,1H3,(H,11,12). The second-order valence-electron chi connectivity index (χ2n) is 2.83. The number of hydrogen-bond donors (Lipinski definition) is 2. The molecule has 13 heavy (non-hydrogen) atoms. The molecule has 68 valence electrons. The molecule has 0 saturated heterocycles. The van der Waals surface area contributed by atoms with Crippen LogP contribution < -0.4 is 10.5 Å². The van der Waals surface area contributed by atoms with Gasteiger partial charge < -0.3 is 10.5 Å². The first kappa shape index (κ1) is 8.07. The molecule has 3 N–H and O–H groups in total. The maximum absolute atomic E-state index is 5.58. The molecule has 0 aliphatic carbocycles. The zero-order valence-corrected chi connectivity index (χ0v) is 7.37. The van der Waals surface area contributed by atoms with Crippen LogP contribution in [0, 0.1) is 0 Å². The second-order valence-corrected chi connectivity index (χ2v) is 2.83. The monoisotopic (exact) mass is 177 g/mol. The summed E-state index contributed by atoms with van der Waals surface area (Å²) in [5.74, 6) is 0.805. The number of benzene rings is 1. The van der Waals surface area contributed by atoms with E-state index in [-0.39, 0.29) is 0 Å². The Bertz CT molecular complexity index is 384. The highest BCUT2D eigenvalue weighted by atomic mass is 16.5. The third-order valence-electron chi connectivity index (χ3n) is 2.06. The molecular weight excluding hydrogens is 166 g/mol. The summed E-state index contributed by atoms with van der Waals surface area (Å²) in [6.07, 6.45) is 1.77. The van der Waals surface area contributed by atoms with Gasteiger partial charge in [0.15, 0.2) is 0 Å². The molecule has 0 atom stereocenters. The first-order chi connectivity index (χ1) is 6.35. The van der Waals surface area contributed by atoms with E-state index in [1.54, 1.807) is 13.3 Å². The quantitative estimate of drug-likeness (QED) is 0.720. The Morgan fingerprint density at radius 2 is 2.38 bits per heavy atom. The average molecular weight is 177 g/mol. The van der Waals surface area contributed by atoms with Gasteiger partial charge >= 0.3 is 0 Å². The highest BCUT2D eigenvalue weighted by Crippen LogP contribution is 2.23. The number of hydrogen-bond acceptors (Lipinski definition) is 3. The van der Waals surface area contributed by atoms with E-state index < -0.39 is 0 Å². The zero-order valence-electron chi connectivity index (χ0n) is 7.37. The van der Waals surface area contributed by atoms with Crippen molar-refractivity contribution in [3.8, 4) is 5.75 Å². The van der Waals surface area contributed by atoms with Gasteiger partial charge in [0.1, 0.15) is 5.75 Å². The van der Waals surface area contributed by atoms with E-state index in [0.29, 0.717) is 6.54 Å². The Morgan fingerprint density at radius 1 is 1.54 bits per heavy atom. The summed E-state index contributed by atoms with van der Waals surface area (Å²) in [7, 11) is 1.64. The molecule has 2 aromatic rings. The lowest BCUT2D eigenvalue weighted by atomic mass is 10.1. The number of nitrogens with zero attached hydrogens (tertiary/aromatic N) is 1. The predicted octanol–water partition coefficient (Wildman–Crippen LogP) is 1.03. The lowest BCUT2D eigenvalue weighted by Crippen LogP contribution is -1.99. The van der Waals surface area contributed by atoms with E-state index in [0.717, 1.165) is 22.2 Å². The lowest BCUT2D eigenvalue weighted by molar-refractivity contribution is 0.410. The van der Waals surface area contributed by atoms with Crippen molar-refractivity contribution in [2.45, 2.75) is 6.54 Å². The number of nitrogens with one attached hydrogen (secondary N) is 1. The number of ether oxygens (including phenoxy) is 1. The molecule has 0 aliphatic heterocycles. The normalized spacial score (nSPS) is 10.6. The predicted molar refractivity (Wildman–Crippen MR) is 50.5 cm³/mol. The van der Waals surface area contributed by atoms with Crippen LogP contribution in [-0.4, -0.2) is 17.3 Å². The van der Waals surface area contributed by atoms with Crippen LogP contribution in [-0.2, 0) is 6.54 Å². The number of methoxy groups -OCH3 is 1. The van der Waals surface area contributed by atoms with Crippen LogP contribution in [0.3, 0.4) is 0 Å². The first-order valence-electron chi connectivity index (χ1n) is 4.05. The summed E-state index contributed by atoms with van der Waals surface area (Å²) in [6, 6.07) is 3.89. The summed E-state index contributed by atoms with van der Waals surface area (Å²) in [5, 5.41) is 7.86. The summed E-state index contributed by atoms with van der Waals surface area (Å²) in [5.41, 5.74) is 7.54. The van der Waals surface area contributed by atoms with Crippen LogP contribution in [0.15, 0.2) is 18.3 Å². The Labute approximate surface area is 75.7 Å². The van der Waals surface area contributed by atoms with Crippen LogP contribution in [0.1, 0.15) is 5.56 Å². The third-order valence-corrected chi connectivity index (χ3v) is 2.06. The first-order valence-corrected chi connectivity index (χ1v) is 4.05. The molecule has 0 spiro atoms. The van der Waals surface area contributed by atoms with Crippen LogP contribution in [0.4, 0.5) is 0 Å². The minimum Gasteiger partial charge on any atom is -0.496 e.